The molecule has 0 saturated carbocycles. The minimum absolute atomic E-state index is 0.282. The lowest BCUT2D eigenvalue weighted by atomic mass is 9.90. The Morgan fingerprint density at radius 1 is 0.651 bits per heavy atom. The van der Waals surface area contributed by atoms with Crippen LogP contribution in [0.25, 0.3) is 5.57 Å². The number of ether oxygens (including phenoxy) is 6. The Hall–Kier alpha value is -4.62. The van der Waals surface area contributed by atoms with E-state index < -0.39 is 6.10 Å². The molecule has 0 fully saturated rings. The van der Waals surface area contributed by atoms with E-state index in [4.69, 9.17) is 28.4 Å². The number of hydrogen-bond donors (Lipinski definition) is 1. The second-order valence-corrected chi connectivity index (χ2v) is 10.2. The molecule has 5 rings (SSSR count). The van der Waals surface area contributed by atoms with E-state index in [1.54, 1.807) is 28.4 Å². The Morgan fingerprint density at radius 3 is 1.84 bits per heavy atom. The van der Waals surface area contributed by atoms with Crippen LogP contribution in [0.4, 0.5) is 0 Å². The fourth-order valence-electron chi connectivity index (χ4n) is 5.48. The quantitative estimate of drug-likeness (QED) is 0.187. The number of fused-ring (bicyclic) bond motifs is 1. The molecule has 0 saturated heterocycles. The average Bonchev–Trinajstić information content (AvgIpc) is 3.28. The lowest BCUT2D eigenvalue weighted by molar-refractivity contribution is 0.211. The fraction of sp³-hybridized carbons (Fsp3) is 0.278. The predicted octanol–water partition coefficient (Wildman–Crippen LogP) is 7.33. The summed E-state index contributed by atoms with van der Waals surface area (Å²) in [5, 5.41) is 12.2. The molecule has 4 aromatic carbocycles. The van der Waals surface area contributed by atoms with E-state index in [0.717, 1.165) is 47.1 Å². The first-order valence-electron chi connectivity index (χ1n) is 14.3. The standard InChI is InChI=1S/C36H38O7/c1-38-30-20-19-28(32(37)26-17-11-12-18-27-29(26)21-31(39-2)35(41-4)33(27)40-3)34(42-22-24-13-7-5-8-14-24)36(30)43-23-25-15-9-6-10-16-25/h5-10,13-17,19-21,32,37H,11-12,18,22-23H2,1-4H3. The van der Waals surface area contributed by atoms with Gasteiger partial charge in [-0.3, -0.25) is 0 Å². The molecule has 0 heterocycles. The van der Waals surface area contributed by atoms with Crippen molar-refractivity contribution < 1.29 is 33.5 Å². The lowest BCUT2D eigenvalue weighted by Crippen LogP contribution is -2.10. The molecule has 7 heteroatoms. The Kier molecular flexibility index (Phi) is 9.74. The number of hydrogen-bond acceptors (Lipinski definition) is 7. The second kappa shape index (κ2) is 14.0. The summed E-state index contributed by atoms with van der Waals surface area (Å²) < 4.78 is 35.7. The molecule has 0 bridgehead atoms. The maximum Gasteiger partial charge on any atom is 0.204 e. The van der Waals surface area contributed by atoms with Gasteiger partial charge in [0.15, 0.2) is 23.0 Å². The predicted molar refractivity (Wildman–Crippen MR) is 167 cm³/mol. The Bertz CT molecular complexity index is 1550. The van der Waals surface area contributed by atoms with Crippen LogP contribution in [0.2, 0.25) is 0 Å². The number of aliphatic hydroxyl groups excluding tert-OH is 1. The highest BCUT2D eigenvalue weighted by Crippen LogP contribution is 2.50. The summed E-state index contributed by atoms with van der Waals surface area (Å²) in [6.45, 7) is 0.585. The molecule has 1 N–H and O–H groups in total. The fourth-order valence-corrected chi connectivity index (χ4v) is 5.48. The zero-order valence-corrected chi connectivity index (χ0v) is 25.1. The van der Waals surface area contributed by atoms with Gasteiger partial charge in [0.1, 0.15) is 19.3 Å². The SMILES string of the molecule is COc1ccc(C(O)C2=CCCCc3c2cc(OC)c(OC)c3OC)c(OCc2ccccc2)c1OCc1ccccc1. The van der Waals surface area contributed by atoms with Gasteiger partial charge in [0.25, 0.3) is 0 Å². The summed E-state index contributed by atoms with van der Waals surface area (Å²) in [5.41, 5.74) is 5.08. The van der Waals surface area contributed by atoms with Crippen molar-refractivity contribution in [2.45, 2.75) is 38.6 Å². The number of benzene rings is 4. The van der Waals surface area contributed by atoms with E-state index in [0.29, 0.717) is 46.7 Å². The molecule has 224 valence electrons. The second-order valence-electron chi connectivity index (χ2n) is 10.2. The van der Waals surface area contributed by atoms with Crippen LogP contribution in [0.15, 0.2) is 84.9 Å². The Morgan fingerprint density at radius 2 is 1.26 bits per heavy atom. The summed E-state index contributed by atoms with van der Waals surface area (Å²) in [5.74, 6) is 3.04. The molecule has 4 aromatic rings. The third-order valence-corrected chi connectivity index (χ3v) is 7.61. The summed E-state index contributed by atoms with van der Waals surface area (Å²) in [7, 11) is 6.41. The minimum atomic E-state index is -1.05. The van der Waals surface area contributed by atoms with Crippen LogP contribution in [0, 0.1) is 0 Å². The van der Waals surface area contributed by atoms with Crippen molar-refractivity contribution in [2.75, 3.05) is 28.4 Å². The molecule has 0 radical (unpaired) electrons. The van der Waals surface area contributed by atoms with Crippen LogP contribution in [0.3, 0.4) is 0 Å². The first kappa shape index (κ1) is 29.9. The molecule has 1 atom stereocenters. The number of allylic oxidation sites excluding steroid dienone is 1. The van der Waals surface area contributed by atoms with Crippen molar-refractivity contribution in [2.24, 2.45) is 0 Å². The Balaban J connectivity index is 1.62. The molecular weight excluding hydrogens is 544 g/mol. The highest BCUT2D eigenvalue weighted by Gasteiger charge is 2.30. The van der Waals surface area contributed by atoms with Crippen molar-refractivity contribution in [1.29, 1.82) is 0 Å². The maximum atomic E-state index is 12.2. The summed E-state index contributed by atoms with van der Waals surface area (Å²) in [6.07, 6.45) is 3.47. The number of aliphatic hydroxyl groups is 1. The van der Waals surface area contributed by atoms with Gasteiger partial charge in [0, 0.05) is 11.1 Å². The van der Waals surface area contributed by atoms with Gasteiger partial charge in [-0.1, -0.05) is 66.7 Å². The highest BCUT2D eigenvalue weighted by atomic mass is 16.5. The minimum Gasteiger partial charge on any atom is -0.493 e. The van der Waals surface area contributed by atoms with Gasteiger partial charge in [0.05, 0.1) is 28.4 Å². The van der Waals surface area contributed by atoms with Gasteiger partial charge in [-0.25, -0.2) is 0 Å². The zero-order valence-electron chi connectivity index (χ0n) is 25.1. The van der Waals surface area contributed by atoms with Gasteiger partial charge in [0.2, 0.25) is 11.5 Å². The van der Waals surface area contributed by atoms with E-state index in [-0.39, 0.29) is 6.61 Å². The van der Waals surface area contributed by atoms with Crippen LogP contribution in [0.5, 0.6) is 34.5 Å². The van der Waals surface area contributed by atoms with Crippen LogP contribution >= 0.6 is 0 Å². The van der Waals surface area contributed by atoms with Gasteiger partial charge in [-0.2, -0.15) is 0 Å². The molecule has 1 unspecified atom stereocenters. The van der Waals surface area contributed by atoms with Gasteiger partial charge >= 0.3 is 0 Å². The van der Waals surface area contributed by atoms with Crippen LogP contribution < -0.4 is 28.4 Å². The largest absolute Gasteiger partial charge is 0.493 e. The van der Waals surface area contributed by atoms with E-state index in [1.165, 1.54) is 0 Å². The molecular formula is C36H38O7. The molecule has 0 aromatic heterocycles. The highest BCUT2D eigenvalue weighted by molar-refractivity contribution is 5.79. The van der Waals surface area contributed by atoms with E-state index in [1.807, 2.05) is 78.9 Å². The van der Waals surface area contributed by atoms with Crippen molar-refractivity contribution >= 4 is 5.57 Å². The third-order valence-electron chi connectivity index (χ3n) is 7.61. The molecule has 1 aliphatic rings. The van der Waals surface area contributed by atoms with Gasteiger partial charge < -0.3 is 33.5 Å². The third kappa shape index (κ3) is 6.42. The summed E-state index contributed by atoms with van der Waals surface area (Å²) in [6, 6.07) is 25.3. The first-order chi connectivity index (χ1) is 21.1. The van der Waals surface area contributed by atoms with Gasteiger partial charge in [-0.05, 0) is 59.7 Å². The molecule has 1 aliphatic carbocycles. The smallest absolute Gasteiger partial charge is 0.204 e. The molecule has 0 spiro atoms. The van der Waals surface area contributed by atoms with E-state index in [2.05, 4.69) is 6.08 Å². The molecule has 7 nitrogen and oxygen atoms in total. The number of methoxy groups -OCH3 is 4. The molecule has 0 amide bonds. The average molecular weight is 583 g/mol. The van der Waals surface area contributed by atoms with E-state index >= 15 is 0 Å². The van der Waals surface area contributed by atoms with Crippen LogP contribution in [-0.2, 0) is 19.6 Å². The van der Waals surface area contributed by atoms with Crippen molar-refractivity contribution in [3.05, 3.63) is 113 Å². The molecule has 0 aliphatic heterocycles. The van der Waals surface area contributed by atoms with Gasteiger partial charge in [-0.15, -0.1) is 0 Å². The van der Waals surface area contributed by atoms with Crippen molar-refractivity contribution in [1.82, 2.24) is 0 Å². The molecule has 43 heavy (non-hydrogen) atoms. The summed E-state index contributed by atoms with van der Waals surface area (Å²) >= 11 is 0. The normalized spacial score (nSPS) is 13.2. The topological polar surface area (TPSA) is 75.6 Å². The first-order valence-corrected chi connectivity index (χ1v) is 14.3. The lowest BCUT2D eigenvalue weighted by Gasteiger charge is -2.25. The van der Waals surface area contributed by atoms with E-state index in [9.17, 15) is 5.11 Å². The van der Waals surface area contributed by atoms with Crippen molar-refractivity contribution in [3.8, 4) is 34.5 Å². The van der Waals surface area contributed by atoms with Crippen LogP contribution in [0.1, 0.15) is 46.8 Å². The Labute approximate surface area is 253 Å². The van der Waals surface area contributed by atoms with Crippen molar-refractivity contribution in [3.63, 3.8) is 0 Å². The maximum absolute atomic E-state index is 12.2. The number of rotatable bonds is 12. The monoisotopic (exact) mass is 582 g/mol. The zero-order chi connectivity index (χ0) is 30.2. The summed E-state index contributed by atoms with van der Waals surface area (Å²) in [4.78, 5) is 0. The van der Waals surface area contributed by atoms with Crippen LogP contribution in [-0.4, -0.2) is 33.5 Å².